The average molecular weight is 252 g/mol. The summed E-state index contributed by atoms with van der Waals surface area (Å²) in [5.74, 6) is 0. The minimum atomic E-state index is 0.294. The standard InChI is InChI=1S/C15H22ClN/c1-3-5-12-15(17(16)13-6-4-2)14-10-8-7-9-11-14/h3,7-11,15H,1,4-6,12-13H2,2H3. The SMILES string of the molecule is C=CCCC(c1ccccc1)N(Cl)CCCC. The second-order valence-corrected chi connectivity index (χ2v) is 4.70. The summed E-state index contributed by atoms with van der Waals surface area (Å²) in [4.78, 5) is 0. The Hall–Kier alpha value is -0.790. The first-order chi connectivity index (χ1) is 8.29. The fraction of sp³-hybridized carbons (Fsp3) is 0.467. The third-order valence-corrected chi connectivity index (χ3v) is 3.30. The molecule has 0 heterocycles. The third-order valence-electron chi connectivity index (χ3n) is 2.89. The Kier molecular flexibility index (Phi) is 6.99. The zero-order valence-electron chi connectivity index (χ0n) is 10.6. The van der Waals surface area contributed by atoms with Gasteiger partial charge in [0.25, 0.3) is 0 Å². The van der Waals surface area contributed by atoms with Gasteiger partial charge in [0.15, 0.2) is 0 Å². The van der Waals surface area contributed by atoms with E-state index in [0.717, 1.165) is 25.8 Å². The predicted molar refractivity (Wildman–Crippen MR) is 76.1 cm³/mol. The van der Waals surface area contributed by atoms with Crippen LogP contribution in [0, 0.1) is 0 Å². The highest BCUT2D eigenvalue weighted by Crippen LogP contribution is 2.27. The fourth-order valence-corrected chi connectivity index (χ4v) is 2.21. The molecule has 1 unspecified atom stereocenters. The Morgan fingerprint density at radius 3 is 2.65 bits per heavy atom. The molecule has 0 amide bonds. The van der Waals surface area contributed by atoms with Crippen LogP contribution in [-0.4, -0.2) is 11.0 Å². The Morgan fingerprint density at radius 1 is 1.35 bits per heavy atom. The van der Waals surface area contributed by atoms with Crippen molar-refractivity contribution in [1.82, 2.24) is 4.42 Å². The van der Waals surface area contributed by atoms with Crippen LogP contribution in [-0.2, 0) is 0 Å². The molecule has 1 nitrogen and oxygen atoms in total. The molecule has 1 atom stereocenters. The van der Waals surface area contributed by atoms with E-state index in [1.54, 1.807) is 0 Å². The van der Waals surface area contributed by atoms with E-state index in [0.29, 0.717) is 6.04 Å². The molecule has 0 aliphatic heterocycles. The highest BCUT2D eigenvalue weighted by molar-refractivity contribution is 6.13. The molecule has 1 aromatic carbocycles. The summed E-state index contributed by atoms with van der Waals surface area (Å²) >= 11 is 6.39. The van der Waals surface area contributed by atoms with Crippen LogP contribution >= 0.6 is 11.8 Å². The van der Waals surface area contributed by atoms with Crippen LogP contribution in [0.15, 0.2) is 43.0 Å². The number of hydrogen-bond acceptors (Lipinski definition) is 1. The molecule has 0 radical (unpaired) electrons. The van der Waals surface area contributed by atoms with E-state index < -0.39 is 0 Å². The summed E-state index contributed by atoms with van der Waals surface area (Å²) in [6.45, 7) is 6.91. The number of unbranched alkanes of at least 4 members (excludes halogenated alkanes) is 1. The van der Waals surface area contributed by atoms with Crippen LogP contribution in [0.3, 0.4) is 0 Å². The van der Waals surface area contributed by atoms with Crippen LogP contribution < -0.4 is 0 Å². The Bertz CT molecular complexity index is 310. The monoisotopic (exact) mass is 251 g/mol. The maximum Gasteiger partial charge on any atom is 0.0503 e. The predicted octanol–water partition coefficient (Wildman–Crippen LogP) is 4.95. The van der Waals surface area contributed by atoms with Gasteiger partial charge in [0, 0.05) is 6.54 Å². The molecule has 2 heteroatoms. The number of halogens is 1. The van der Waals surface area contributed by atoms with Gasteiger partial charge in [-0.1, -0.05) is 49.8 Å². The molecule has 1 aromatic rings. The van der Waals surface area contributed by atoms with Gasteiger partial charge in [0.1, 0.15) is 0 Å². The van der Waals surface area contributed by atoms with Crippen molar-refractivity contribution in [2.75, 3.05) is 6.54 Å². The van der Waals surface area contributed by atoms with Crippen LogP contribution in [0.5, 0.6) is 0 Å². The van der Waals surface area contributed by atoms with Gasteiger partial charge in [-0.15, -0.1) is 6.58 Å². The Balaban J connectivity index is 2.69. The van der Waals surface area contributed by atoms with Crippen LogP contribution in [0.4, 0.5) is 0 Å². The smallest absolute Gasteiger partial charge is 0.0503 e. The van der Waals surface area contributed by atoms with E-state index in [2.05, 4.69) is 37.8 Å². The van der Waals surface area contributed by atoms with Gasteiger partial charge < -0.3 is 0 Å². The average Bonchev–Trinajstić information content (AvgIpc) is 2.38. The topological polar surface area (TPSA) is 3.24 Å². The maximum atomic E-state index is 6.39. The highest BCUT2D eigenvalue weighted by Gasteiger charge is 2.17. The fourth-order valence-electron chi connectivity index (χ4n) is 1.88. The summed E-state index contributed by atoms with van der Waals surface area (Å²) in [5.41, 5.74) is 1.29. The van der Waals surface area contributed by atoms with E-state index in [-0.39, 0.29) is 0 Å². The number of rotatable bonds is 8. The lowest BCUT2D eigenvalue weighted by Gasteiger charge is -2.25. The van der Waals surface area contributed by atoms with Gasteiger partial charge in [-0.3, -0.25) is 0 Å². The summed E-state index contributed by atoms with van der Waals surface area (Å²) in [6, 6.07) is 10.8. The maximum absolute atomic E-state index is 6.39. The van der Waals surface area contributed by atoms with Gasteiger partial charge in [0.05, 0.1) is 6.04 Å². The molecular formula is C15H22ClN. The van der Waals surface area contributed by atoms with Crippen molar-refractivity contribution >= 4 is 11.8 Å². The van der Waals surface area contributed by atoms with Crippen molar-refractivity contribution < 1.29 is 0 Å². The molecule has 17 heavy (non-hydrogen) atoms. The molecule has 94 valence electrons. The lowest BCUT2D eigenvalue weighted by molar-refractivity contribution is 0.324. The van der Waals surface area contributed by atoms with Crippen LogP contribution in [0.2, 0.25) is 0 Å². The lowest BCUT2D eigenvalue weighted by atomic mass is 10.0. The highest BCUT2D eigenvalue weighted by atomic mass is 35.5. The summed E-state index contributed by atoms with van der Waals surface area (Å²) < 4.78 is 1.95. The quantitative estimate of drug-likeness (QED) is 0.467. The number of hydrogen-bond donors (Lipinski definition) is 0. The Morgan fingerprint density at radius 2 is 2.06 bits per heavy atom. The molecule has 0 N–H and O–H groups in total. The van der Waals surface area contributed by atoms with Crippen molar-refractivity contribution in [3.63, 3.8) is 0 Å². The van der Waals surface area contributed by atoms with Gasteiger partial charge in [-0.25, -0.2) is 4.42 Å². The first-order valence-electron chi connectivity index (χ1n) is 6.37. The Labute approximate surface area is 110 Å². The number of benzene rings is 1. The van der Waals surface area contributed by atoms with E-state index in [1.807, 2.05) is 16.6 Å². The van der Waals surface area contributed by atoms with Gasteiger partial charge in [-0.2, -0.15) is 0 Å². The van der Waals surface area contributed by atoms with E-state index in [4.69, 9.17) is 11.8 Å². The molecule has 1 rings (SSSR count). The third kappa shape index (κ3) is 4.93. The van der Waals surface area contributed by atoms with Crippen molar-refractivity contribution in [3.05, 3.63) is 48.6 Å². The second kappa shape index (κ2) is 8.32. The van der Waals surface area contributed by atoms with Crippen molar-refractivity contribution in [2.24, 2.45) is 0 Å². The van der Waals surface area contributed by atoms with E-state index in [1.165, 1.54) is 12.0 Å². The van der Waals surface area contributed by atoms with E-state index in [9.17, 15) is 0 Å². The minimum absolute atomic E-state index is 0.294. The zero-order valence-corrected chi connectivity index (χ0v) is 11.4. The summed E-state index contributed by atoms with van der Waals surface area (Å²) in [6.07, 6.45) is 6.29. The lowest BCUT2D eigenvalue weighted by Crippen LogP contribution is -2.20. The molecule has 0 saturated carbocycles. The molecule has 0 aliphatic rings. The normalized spacial score (nSPS) is 12.6. The molecular weight excluding hydrogens is 230 g/mol. The molecule has 0 spiro atoms. The first kappa shape index (κ1) is 14.3. The molecule has 0 fully saturated rings. The van der Waals surface area contributed by atoms with Crippen molar-refractivity contribution in [3.8, 4) is 0 Å². The molecule has 0 aromatic heterocycles. The van der Waals surface area contributed by atoms with Gasteiger partial charge in [-0.05, 0) is 36.6 Å². The molecule has 0 aliphatic carbocycles. The van der Waals surface area contributed by atoms with Crippen molar-refractivity contribution in [1.29, 1.82) is 0 Å². The van der Waals surface area contributed by atoms with Crippen LogP contribution in [0.25, 0.3) is 0 Å². The summed E-state index contributed by atoms with van der Waals surface area (Å²) in [7, 11) is 0. The summed E-state index contributed by atoms with van der Waals surface area (Å²) in [5, 5.41) is 0. The first-order valence-corrected chi connectivity index (χ1v) is 6.71. The number of allylic oxidation sites excluding steroid dienone is 1. The zero-order chi connectivity index (χ0) is 12.5. The van der Waals surface area contributed by atoms with Crippen molar-refractivity contribution in [2.45, 2.75) is 38.6 Å². The number of nitrogens with zero attached hydrogens (tertiary/aromatic N) is 1. The van der Waals surface area contributed by atoms with E-state index >= 15 is 0 Å². The molecule has 0 bridgehead atoms. The van der Waals surface area contributed by atoms with Gasteiger partial charge in [0.2, 0.25) is 0 Å². The molecule has 0 saturated heterocycles. The largest absolute Gasteiger partial charge is 0.213 e. The van der Waals surface area contributed by atoms with Gasteiger partial charge >= 0.3 is 0 Å². The second-order valence-electron chi connectivity index (χ2n) is 4.27. The minimum Gasteiger partial charge on any atom is -0.213 e. The van der Waals surface area contributed by atoms with Crippen LogP contribution in [0.1, 0.15) is 44.2 Å².